The summed E-state index contributed by atoms with van der Waals surface area (Å²) in [6.07, 6.45) is 1.47. The van der Waals surface area contributed by atoms with E-state index < -0.39 is 5.97 Å². The van der Waals surface area contributed by atoms with Crippen molar-refractivity contribution in [1.82, 2.24) is 4.98 Å². The Bertz CT molecular complexity index is 478. The Morgan fingerprint density at radius 3 is 3.07 bits per heavy atom. The van der Waals surface area contributed by atoms with Gasteiger partial charge in [-0.15, -0.1) is 11.3 Å². The first kappa shape index (κ1) is 10.4. The van der Waals surface area contributed by atoms with Gasteiger partial charge in [0.2, 0.25) is 0 Å². The first-order valence-corrected chi connectivity index (χ1v) is 5.68. The zero-order chi connectivity index (χ0) is 10.8. The van der Waals surface area contributed by atoms with Crippen molar-refractivity contribution in [3.63, 3.8) is 0 Å². The summed E-state index contributed by atoms with van der Waals surface area (Å²) in [6, 6.07) is 3.55. The summed E-state index contributed by atoms with van der Waals surface area (Å²) in [5.41, 5.74) is 0.527. The Labute approximate surface area is 97.7 Å². The number of rotatable bonds is 3. The smallest absolute Gasteiger partial charge is 0.309 e. The average molecular weight is 288 g/mol. The van der Waals surface area contributed by atoms with Crippen LogP contribution in [0.15, 0.2) is 26.6 Å². The molecule has 78 valence electrons. The number of carbonyl (C=O) groups is 1. The Hall–Kier alpha value is -1.14. The highest BCUT2D eigenvalue weighted by atomic mass is 79.9. The molecule has 0 aromatic carbocycles. The van der Waals surface area contributed by atoms with Crippen LogP contribution in [0.25, 0.3) is 10.8 Å². The predicted octanol–water partition coefficient (Wildman–Crippen LogP) is 2.79. The zero-order valence-corrected chi connectivity index (χ0v) is 9.84. The number of halogens is 1. The fourth-order valence-electron chi connectivity index (χ4n) is 1.09. The summed E-state index contributed by atoms with van der Waals surface area (Å²) in [5.74, 6) is -0.246. The number of aliphatic carboxylic acids is 1. The Balaban J connectivity index is 2.33. The molecular weight excluding hydrogens is 282 g/mol. The fourth-order valence-corrected chi connectivity index (χ4v) is 2.56. The van der Waals surface area contributed by atoms with Crippen LogP contribution in [0.3, 0.4) is 0 Å². The third-order valence-electron chi connectivity index (χ3n) is 1.70. The monoisotopic (exact) mass is 287 g/mol. The highest BCUT2D eigenvalue weighted by molar-refractivity contribution is 9.11. The Morgan fingerprint density at radius 1 is 1.67 bits per heavy atom. The van der Waals surface area contributed by atoms with Gasteiger partial charge >= 0.3 is 5.97 Å². The third-order valence-corrected chi connectivity index (χ3v) is 3.54. The van der Waals surface area contributed by atoms with Gasteiger partial charge in [0.1, 0.15) is 0 Å². The van der Waals surface area contributed by atoms with Crippen LogP contribution in [0, 0.1) is 0 Å². The maximum atomic E-state index is 10.5. The first-order valence-electron chi connectivity index (χ1n) is 4.07. The van der Waals surface area contributed by atoms with E-state index in [-0.39, 0.29) is 6.42 Å². The molecule has 0 fully saturated rings. The van der Waals surface area contributed by atoms with E-state index >= 15 is 0 Å². The van der Waals surface area contributed by atoms with Crippen LogP contribution in [0.4, 0.5) is 0 Å². The maximum absolute atomic E-state index is 10.5. The molecule has 1 N–H and O–H groups in total. The molecular formula is C9H6BrNO3S. The van der Waals surface area contributed by atoms with Crippen LogP contribution in [0.5, 0.6) is 0 Å². The van der Waals surface area contributed by atoms with Gasteiger partial charge in [0.15, 0.2) is 10.8 Å². The number of hydrogen-bond acceptors (Lipinski definition) is 4. The van der Waals surface area contributed by atoms with Crippen LogP contribution in [0.1, 0.15) is 5.69 Å². The molecule has 2 heterocycles. The quantitative estimate of drug-likeness (QED) is 0.943. The van der Waals surface area contributed by atoms with Gasteiger partial charge in [-0.05, 0) is 28.1 Å². The summed E-state index contributed by atoms with van der Waals surface area (Å²) in [4.78, 5) is 14.7. The second-order valence-electron chi connectivity index (χ2n) is 2.79. The van der Waals surface area contributed by atoms with Crippen molar-refractivity contribution in [2.24, 2.45) is 0 Å². The number of hydrogen-bond donors (Lipinski definition) is 1. The highest BCUT2D eigenvalue weighted by Crippen LogP contribution is 2.32. The van der Waals surface area contributed by atoms with Gasteiger partial charge in [0.05, 0.1) is 22.2 Å². The van der Waals surface area contributed by atoms with Crippen molar-refractivity contribution in [2.45, 2.75) is 6.42 Å². The molecule has 0 saturated carbocycles. The van der Waals surface area contributed by atoms with Crippen molar-refractivity contribution < 1.29 is 14.3 Å². The number of carboxylic acids is 1. The summed E-state index contributed by atoms with van der Waals surface area (Å²) in [5, 5.41) is 9.33. The number of aromatic nitrogens is 1. The average Bonchev–Trinajstić information content (AvgIpc) is 2.75. The van der Waals surface area contributed by atoms with Crippen molar-refractivity contribution >= 4 is 33.2 Å². The number of furan rings is 1. The summed E-state index contributed by atoms with van der Waals surface area (Å²) in [6.45, 7) is 0. The molecule has 2 rings (SSSR count). The second-order valence-corrected chi connectivity index (χ2v) is 5.10. The van der Waals surface area contributed by atoms with Crippen molar-refractivity contribution in [3.8, 4) is 10.8 Å². The molecule has 0 aliphatic carbocycles. The summed E-state index contributed by atoms with van der Waals surface area (Å²) in [7, 11) is 0. The fraction of sp³-hybridized carbons (Fsp3) is 0.111. The largest absolute Gasteiger partial charge is 0.481 e. The number of thiazole rings is 1. The van der Waals surface area contributed by atoms with E-state index in [1.165, 1.54) is 11.3 Å². The van der Waals surface area contributed by atoms with Crippen LogP contribution < -0.4 is 0 Å². The minimum Gasteiger partial charge on any atom is -0.481 e. The molecule has 0 unspecified atom stereocenters. The minimum atomic E-state index is -0.896. The van der Waals surface area contributed by atoms with E-state index in [2.05, 4.69) is 20.9 Å². The lowest BCUT2D eigenvalue weighted by Gasteiger charge is -1.89. The minimum absolute atomic E-state index is 0.0855. The van der Waals surface area contributed by atoms with Crippen LogP contribution in [0.2, 0.25) is 0 Å². The summed E-state index contributed by atoms with van der Waals surface area (Å²) >= 11 is 4.64. The molecule has 0 aliphatic rings. The van der Waals surface area contributed by atoms with Crippen molar-refractivity contribution in [1.29, 1.82) is 0 Å². The van der Waals surface area contributed by atoms with Gasteiger partial charge < -0.3 is 9.52 Å². The molecule has 15 heavy (non-hydrogen) atoms. The number of carboxylic acid groups (broad SMARTS) is 1. The van der Waals surface area contributed by atoms with E-state index in [0.29, 0.717) is 16.5 Å². The van der Waals surface area contributed by atoms with Gasteiger partial charge in [-0.1, -0.05) is 0 Å². The van der Waals surface area contributed by atoms with Gasteiger partial charge in [-0.3, -0.25) is 4.79 Å². The molecule has 2 aromatic heterocycles. The Kier molecular flexibility index (Phi) is 2.88. The molecule has 0 atom stereocenters. The second kappa shape index (κ2) is 4.16. The third kappa shape index (κ3) is 2.27. The first-order chi connectivity index (χ1) is 7.16. The molecule has 0 radical (unpaired) electrons. The summed E-state index contributed by atoms with van der Waals surface area (Å²) < 4.78 is 5.91. The molecule has 0 spiro atoms. The molecule has 0 aliphatic heterocycles. The molecule has 2 aromatic rings. The molecule has 0 saturated heterocycles. The van der Waals surface area contributed by atoms with Crippen molar-refractivity contribution in [3.05, 3.63) is 27.9 Å². The van der Waals surface area contributed by atoms with Crippen LogP contribution in [-0.4, -0.2) is 16.1 Å². The van der Waals surface area contributed by atoms with E-state index in [1.54, 1.807) is 18.4 Å². The topological polar surface area (TPSA) is 63.3 Å². The highest BCUT2D eigenvalue weighted by Gasteiger charge is 2.14. The molecule has 0 bridgehead atoms. The van der Waals surface area contributed by atoms with Gasteiger partial charge in [-0.2, -0.15) is 0 Å². The predicted molar refractivity (Wildman–Crippen MR) is 58.9 cm³/mol. The molecule has 6 heteroatoms. The van der Waals surface area contributed by atoms with E-state index in [9.17, 15) is 4.79 Å². The van der Waals surface area contributed by atoms with E-state index in [4.69, 9.17) is 9.52 Å². The van der Waals surface area contributed by atoms with E-state index in [1.807, 2.05) is 0 Å². The molecule has 0 amide bonds. The van der Waals surface area contributed by atoms with Crippen LogP contribution in [-0.2, 0) is 11.2 Å². The zero-order valence-electron chi connectivity index (χ0n) is 7.44. The van der Waals surface area contributed by atoms with E-state index in [0.717, 1.165) is 3.79 Å². The lowest BCUT2D eigenvalue weighted by molar-refractivity contribution is -0.136. The van der Waals surface area contributed by atoms with Crippen molar-refractivity contribution in [2.75, 3.05) is 0 Å². The van der Waals surface area contributed by atoms with Gasteiger partial charge in [-0.25, -0.2) is 4.98 Å². The number of nitrogens with zero attached hydrogens (tertiary/aromatic N) is 1. The maximum Gasteiger partial charge on any atom is 0.309 e. The lowest BCUT2D eigenvalue weighted by atomic mass is 10.3. The van der Waals surface area contributed by atoms with Crippen LogP contribution >= 0.6 is 27.3 Å². The SMILES string of the molecule is O=C(O)Cc1nc(-c2ccco2)sc1Br. The molecule has 4 nitrogen and oxygen atoms in total. The standard InChI is InChI=1S/C9H6BrNO3S/c10-8-5(4-7(12)13)11-9(15-8)6-2-1-3-14-6/h1-3H,4H2,(H,12,13). The van der Waals surface area contributed by atoms with Gasteiger partial charge in [0.25, 0.3) is 0 Å². The van der Waals surface area contributed by atoms with Gasteiger partial charge in [0, 0.05) is 0 Å². The normalized spacial score (nSPS) is 10.5. The Morgan fingerprint density at radius 2 is 2.47 bits per heavy atom. The lowest BCUT2D eigenvalue weighted by Crippen LogP contribution is -2.00.